The Kier molecular flexibility index (Phi) is 23.6. The zero-order chi connectivity index (χ0) is 93.8. The lowest BCUT2D eigenvalue weighted by Crippen LogP contribution is -2.55. The molecule has 8 aromatic rings. The molecule has 24 rings (SSSR count). The molecule has 724 valence electrons. The van der Waals surface area contributed by atoms with Gasteiger partial charge in [0, 0.05) is 60.0 Å². The van der Waals surface area contributed by atoms with Crippen LogP contribution in [0.3, 0.4) is 0 Å². The van der Waals surface area contributed by atoms with Gasteiger partial charge in [-0.2, -0.15) is 15.3 Å². The SMILES string of the molecule is C[C@@H](C(=O)[C@H]1CC[C@H]2[C@@H]3CC[C@@H]4C[C@](C)(O)CC[C@]4(C)[C@H]3CC[C@]12C)n1nnc2ccccc21.C[C@@]1(O)CC[C@@]2(C)[C@H](CC[C@@H]3[C@@H]2CC[C@]2(C)[C@@H](C(=O)Cn4cc5nccnc5n4)CC[C@@H]32)C1.C[C@@]1(O)CC[C@@]2(C)[C@H](CC[C@@H]3[C@@H]2CC[C@]2(C)[C@@H](C(=O)Cn4ncc5nccnc54)CC[C@@H]32)C1.Cc1ccc2cn(CC(=O)[C@H]3CC[C@H]4[C@@H]5CC[C@@H]6C[C@](C)(O)CC[C@]6(C)[C@H]5CC[C@]34C)nc2c1. The monoisotopic (exact) mass is 1830 g/mol. The maximum atomic E-state index is 14.0. The summed E-state index contributed by atoms with van der Waals surface area (Å²) in [7, 11) is 0. The molecule has 2 aromatic carbocycles. The number of benzene rings is 2. The number of carbonyl (C=O) groups is 4. The summed E-state index contributed by atoms with van der Waals surface area (Å²) in [5.74, 6) is 13.2. The molecule has 16 saturated carbocycles. The Hall–Kier alpha value is -7.07. The van der Waals surface area contributed by atoms with Crippen LogP contribution in [0.4, 0.5) is 0 Å². The smallest absolute Gasteiger partial charge is 0.199 e. The van der Waals surface area contributed by atoms with Gasteiger partial charge < -0.3 is 20.4 Å². The van der Waals surface area contributed by atoms with Gasteiger partial charge in [0.1, 0.15) is 29.1 Å². The summed E-state index contributed by atoms with van der Waals surface area (Å²) in [6.07, 6.45) is 53.3. The quantitative estimate of drug-likeness (QED) is 0.0884. The minimum absolute atomic E-state index is 0.103. The zero-order valence-electron chi connectivity index (χ0n) is 83.5. The highest BCUT2D eigenvalue weighted by atomic mass is 16.3. The van der Waals surface area contributed by atoms with E-state index in [-0.39, 0.29) is 51.4 Å². The van der Waals surface area contributed by atoms with Gasteiger partial charge in [0.05, 0.1) is 58.9 Å². The van der Waals surface area contributed by atoms with Gasteiger partial charge in [0.15, 0.2) is 34.4 Å². The molecule has 16 fully saturated rings. The highest BCUT2D eigenvalue weighted by Crippen LogP contribution is 2.74. The number of rotatable bonds is 12. The second-order valence-electron chi connectivity index (χ2n) is 51.7. The van der Waals surface area contributed by atoms with E-state index in [1.54, 1.807) is 40.3 Å². The number of aromatic nitrogens is 13. The minimum atomic E-state index is -0.480. The van der Waals surface area contributed by atoms with E-state index in [2.05, 4.69) is 121 Å². The van der Waals surface area contributed by atoms with Crippen molar-refractivity contribution in [3.05, 3.63) is 91.4 Å². The molecule has 0 aliphatic heterocycles. The van der Waals surface area contributed by atoms with Crippen molar-refractivity contribution in [1.29, 1.82) is 0 Å². The van der Waals surface area contributed by atoms with Crippen molar-refractivity contribution in [3.63, 3.8) is 0 Å². The van der Waals surface area contributed by atoms with Gasteiger partial charge in [-0.3, -0.25) is 28.5 Å². The van der Waals surface area contributed by atoms with E-state index >= 15 is 0 Å². The van der Waals surface area contributed by atoms with Gasteiger partial charge in [-0.05, 0) is 434 Å². The Morgan fingerprint density at radius 3 is 1.22 bits per heavy atom. The number of fused-ring (bicyclic) bond motifs is 24. The Labute approximate surface area is 795 Å². The molecular formula is C113H159N13O8. The van der Waals surface area contributed by atoms with Crippen molar-refractivity contribution in [2.24, 2.45) is 162 Å². The van der Waals surface area contributed by atoms with Crippen LogP contribution in [0.25, 0.3) is 44.3 Å². The van der Waals surface area contributed by atoms with E-state index in [1.807, 2.05) is 80.6 Å². The second-order valence-corrected chi connectivity index (χ2v) is 51.7. The standard InChI is InChI=1S/C30H42N2O2.C29H41N3O2.2C27H38N4O2/c1-19-5-6-20-17-32(31-26(20)15-19)18-27(33)25-10-9-23-22-8-7-21-16-28(2,34)13-14-29(21,3)24(22)11-12-30(23,25)4;1-18(32-25-8-6-5-7-24(25)30-31-32)26(33)23-12-11-21-20-10-9-19-17-27(2,34)15-16-28(19,3)22(20)13-14-29(21,23)4;1-25(33)10-11-26(2)17(14-25)4-5-18-19-6-7-21(27(19,3)9-8-20(18)26)23(32)16-31-15-22-24(30-31)29-13-12-28-22;1-25(33)10-11-26(2)17(14-25)4-5-18-19-6-7-21(27(19,3)9-8-20(18)26)23(32)16-31-24-22(15-30-31)28-12-13-29-24/h5-6,15,17,21-25,34H,7-14,16,18H2,1-4H3;5-8,18-23,34H,9-17H2,1-4H3;2*12-13,15,17-21,33H,4-11,14,16H2,1-3H3/t21-,22+,23+,24+,25-,28-,29+,30+;18-,19+,20-,21-,22-,23+,27+,28-,29-;2*17-,18+,19+,20+,21-,25-,26+,27+/m1011/s1. The van der Waals surface area contributed by atoms with Crippen molar-refractivity contribution < 1.29 is 39.6 Å². The summed E-state index contributed by atoms with van der Waals surface area (Å²) in [5, 5.41) is 66.4. The van der Waals surface area contributed by atoms with Gasteiger partial charge in [-0.1, -0.05) is 84.9 Å². The van der Waals surface area contributed by atoms with Crippen LogP contribution in [0.15, 0.2) is 85.8 Å². The molecule has 21 heteroatoms. The normalized spacial score (nSPS) is 44.6. The molecule has 6 aromatic heterocycles. The number of aliphatic hydroxyl groups is 4. The highest BCUT2D eigenvalue weighted by molar-refractivity contribution is 5.88. The number of Topliss-reactive ketones (excluding diaryl/α,β-unsaturated/α-hetero) is 4. The zero-order valence-corrected chi connectivity index (χ0v) is 83.5. The van der Waals surface area contributed by atoms with E-state index in [4.69, 9.17) is 5.10 Å². The first-order valence-electron chi connectivity index (χ1n) is 53.7. The molecule has 0 bridgehead atoms. The summed E-state index contributed by atoms with van der Waals surface area (Å²) in [6.45, 7) is 33.2. The Balaban J connectivity index is 0.000000107. The average molecular weight is 1830 g/mol. The first kappa shape index (κ1) is 93.2. The van der Waals surface area contributed by atoms with Crippen LogP contribution in [0.2, 0.25) is 0 Å². The van der Waals surface area contributed by atoms with Gasteiger partial charge in [-0.25, -0.2) is 29.3 Å². The molecule has 0 amide bonds. The fourth-order valence-electron chi connectivity index (χ4n) is 37.2. The first-order valence-corrected chi connectivity index (χ1v) is 53.7. The van der Waals surface area contributed by atoms with Gasteiger partial charge in [0.25, 0.3) is 0 Å². The number of hydrogen-bond acceptors (Lipinski definition) is 17. The number of nitrogens with zero attached hydrogens (tertiary/aromatic N) is 13. The van der Waals surface area contributed by atoms with Crippen molar-refractivity contribution in [2.75, 3.05) is 0 Å². The van der Waals surface area contributed by atoms with Gasteiger partial charge >= 0.3 is 0 Å². The van der Waals surface area contributed by atoms with Crippen LogP contribution in [0.5, 0.6) is 0 Å². The van der Waals surface area contributed by atoms with Gasteiger partial charge in [0.2, 0.25) is 0 Å². The maximum absolute atomic E-state index is 14.0. The molecule has 0 unspecified atom stereocenters. The van der Waals surface area contributed by atoms with Crippen molar-refractivity contribution in [2.45, 2.75) is 376 Å². The fourth-order valence-corrected chi connectivity index (χ4v) is 37.2. The third-order valence-electron chi connectivity index (χ3n) is 44.6. The Bertz CT molecular complexity index is 5720. The topological polar surface area (TPSA) is 285 Å². The Morgan fingerprint density at radius 1 is 0.381 bits per heavy atom. The molecule has 6 heterocycles. The largest absolute Gasteiger partial charge is 0.390 e. The number of hydrogen-bond donors (Lipinski definition) is 4. The predicted octanol–water partition coefficient (Wildman–Crippen LogP) is 21.9. The molecular weight excluding hydrogens is 1670 g/mol. The predicted molar refractivity (Wildman–Crippen MR) is 521 cm³/mol. The van der Waals surface area contributed by atoms with Gasteiger partial charge in [-0.15, -0.1) is 5.10 Å². The van der Waals surface area contributed by atoms with Crippen LogP contribution in [0, 0.1) is 169 Å². The molecule has 0 spiro atoms. The summed E-state index contributed by atoms with van der Waals surface area (Å²) in [4.78, 5) is 72.0. The van der Waals surface area contributed by atoms with Crippen LogP contribution >= 0.6 is 0 Å². The molecule has 16 aliphatic rings. The van der Waals surface area contributed by atoms with E-state index in [0.717, 1.165) is 189 Å². The number of carbonyl (C=O) groups excluding carboxylic acids is 4. The lowest BCUT2D eigenvalue weighted by Gasteiger charge is -2.61. The van der Waals surface area contributed by atoms with E-state index in [1.165, 1.54) is 128 Å². The maximum Gasteiger partial charge on any atom is 0.199 e. The van der Waals surface area contributed by atoms with E-state index in [0.29, 0.717) is 123 Å². The second kappa shape index (κ2) is 33.9. The number of para-hydroxylation sites is 1. The van der Waals surface area contributed by atoms with Crippen LogP contribution < -0.4 is 0 Å². The van der Waals surface area contributed by atoms with Crippen LogP contribution in [-0.2, 0) is 38.8 Å². The molecule has 0 radical (unpaired) electrons. The van der Waals surface area contributed by atoms with E-state index in [9.17, 15) is 39.6 Å². The van der Waals surface area contributed by atoms with Crippen molar-refractivity contribution in [1.82, 2.24) is 64.3 Å². The van der Waals surface area contributed by atoms with Crippen molar-refractivity contribution >= 4 is 67.4 Å². The Morgan fingerprint density at radius 2 is 0.769 bits per heavy atom. The average Bonchev–Trinajstić information content (AvgIpc) is 1.51. The summed E-state index contributed by atoms with van der Waals surface area (Å²) >= 11 is 0. The number of aryl methyl sites for hydroxylation is 1. The molecule has 134 heavy (non-hydrogen) atoms. The molecule has 16 aliphatic carbocycles. The van der Waals surface area contributed by atoms with Crippen LogP contribution in [0.1, 0.15) is 333 Å². The number of ketones is 4. The molecule has 4 N–H and O–H groups in total. The summed E-state index contributed by atoms with van der Waals surface area (Å²) in [6, 6.07) is 14.0. The third-order valence-corrected chi connectivity index (χ3v) is 44.6. The molecule has 33 atom stereocenters. The van der Waals surface area contributed by atoms with Crippen LogP contribution in [-0.4, -0.2) is 130 Å². The lowest BCUT2D eigenvalue weighted by molar-refractivity contribution is -0.151. The summed E-state index contributed by atoms with van der Waals surface area (Å²) in [5.41, 5.74) is 6.83. The van der Waals surface area contributed by atoms with Crippen molar-refractivity contribution in [3.8, 4) is 0 Å². The summed E-state index contributed by atoms with van der Waals surface area (Å²) < 4.78 is 7.22. The highest BCUT2D eigenvalue weighted by Gasteiger charge is 2.68. The molecule has 0 saturated heterocycles. The minimum Gasteiger partial charge on any atom is -0.390 e. The molecule has 21 nitrogen and oxygen atoms in total. The lowest BCUT2D eigenvalue weighted by atomic mass is 9.44. The van der Waals surface area contributed by atoms with E-state index < -0.39 is 22.4 Å². The fraction of sp³-hybridized carbons (Fsp3) is 0.761. The third kappa shape index (κ3) is 15.8. The first-order chi connectivity index (χ1) is 63.6.